The minimum atomic E-state index is -0.683. The van der Waals surface area contributed by atoms with Crippen LogP contribution in [0.2, 0.25) is 10.0 Å². The summed E-state index contributed by atoms with van der Waals surface area (Å²) in [4.78, 5) is 31.8. The Morgan fingerprint density at radius 2 is 1.97 bits per heavy atom. The molecule has 9 heteroatoms. The molecule has 5 rings (SSSR count). The largest absolute Gasteiger partial charge is 0.458 e. The Bertz CT molecular complexity index is 1730. The lowest BCUT2D eigenvalue weighted by Gasteiger charge is -2.24. The second kappa shape index (κ2) is 10.4. The molecule has 0 aliphatic carbocycles. The first kappa shape index (κ1) is 25.0. The number of hydrogen-bond acceptors (Lipinski definition) is 6. The van der Waals surface area contributed by atoms with E-state index in [1.807, 2.05) is 30.3 Å². The smallest absolute Gasteiger partial charge is 0.338 e. The number of nitrogens with zero attached hydrogens (tertiary/aromatic N) is 2. The highest BCUT2D eigenvalue weighted by Crippen LogP contribution is 2.32. The van der Waals surface area contributed by atoms with E-state index in [1.165, 1.54) is 22.0 Å². The zero-order valence-corrected chi connectivity index (χ0v) is 21.9. The first-order valence-corrected chi connectivity index (χ1v) is 12.9. The molecule has 3 heterocycles. The number of carbonyl (C=O) groups is 1. The summed E-state index contributed by atoms with van der Waals surface area (Å²) in [5, 5.41) is 0.986. The van der Waals surface area contributed by atoms with E-state index in [0.717, 1.165) is 5.56 Å². The van der Waals surface area contributed by atoms with Crippen LogP contribution in [0, 0.1) is 0 Å². The van der Waals surface area contributed by atoms with Gasteiger partial charge in [0.25, 0.3) is 5.56 Å². The molecule has 37 heavy (non-hydrogen) atoms. The summed E-state index contributed by atoms with van der Waals surface area (Å²) < 4.78 is 13.3. The maximum absolute atomic E-state index is 13.7. The van der Waals surface area contributed by atoms with Gasteiger partial charge in [0, 0.05) is 16.7 Å². The fourth-order valence-corrected chi connectivity index (χ4v) is 5.67. The molecule has 1 unspecified atom stereocenters. The van der Waals surface area contributed by atoms with Crippen molar-refractivity contribution in [1.82, 2.24) is 4.57 Å². The monoisotopic (exact) mass is 550 g/mol. The van der Waals surface area contributed by atoms with E-state index in [-0.39, 0.29) is 12.2 Å². The van der Waals surface area contributed by atoms with Gasteiger partial charge >= 0.3 is 5.97 Å². The summed E-state index contributed by atoms with van der Waals surface area (Å²) in [5.74, 6) is 0.481. The van der Waals surface area contributed by atoms with Gasteiger partial charge in [-0.1, -0.05) is 77.5 Å². The molecule has 0 N–H and O–H groups in total. The van der Waals surface area contributed by atoms with Crippen molar-refractivity contribution < 1.29 is 13.9 Å². The Morgan fingerprint density at radius 3 is 2.70 bits per heavy atom. The Balaban J connectivity index is 1.62. The van der Waals surface area contributed by atoms with Crippen molar-refractivity contribution in [2.45, 2.75) is 13.0 Å². The molecule has 4 aromatic rings. The predicted molar refractivity (Wildman–Crippen MR) is 146 cm³/mol. The predicted octanol–water partition coefficient (Wildman–Crippen LogP) is 5.53. The van der Waals surface area contributed by atoms with Crippen molar-refractivity contribution in [3.63, 3.8) is 0 Å². The Kier molecular flexibility index (Phi) is 7.02. The zero-order valence-electron chi connectivity index (χ0n) is 19.6. The van der Waals surface area contributed by atoms with Gasteiger partial charge in [-0.05, 0) is 42.8 Å². The van der Waals surface area contributed by atoms with Crippen LogP contribution in [0.5, 0.6) is 0 Å². The number of thiazole rings is 1. The molecule has 2 aromatic heterocycles. The molecule has 0 amide bonds. The normalized spacial score (nSPS) is 15.3. The molecule has 1 aliphatic rings. The highest BCUT2D eigenvalue weighted by Gasteiger charge is 2.33. The first-order chi connectivity index (χ1) is 17.9. The van der Waals surface area contributed by atoms with Gasteiger partial charge in [0.05, 0.1) is 26.9 Å². The van der Waals surface area contributed by atoms with Crippen molar-refractivity contribution in [2.24, 2.45) is 4.99 Å². The Morgan fingerprint density at radius 1 is 1.19 bits per heavy atom. The number of furan rings is 1. The molecule has 1 aliphatic heterocycles. The van der Waals surface area contributed by atoms with Gasteiger partial charge in [0.15, 0.2) is 4.80 Å². The van der Waals surface area contributed by atoms with E-state index in [9.17, 15) is 9.59 Å². The highest BCUT2D eigenvalue weighted by molar-refractivity contribution is 7.07. The van der Waals surface area contributed by atoms with Gasteiger partial charge in [-0.25, -0.2) is 9.79 Å². The van der Waals surface area contributed by atoms with Gasteiger partial charge < -0.3 is 9.15 Å². The topological polar surface area (TPSA) is 73.8 Å². The average Bonchev–Trinajstić information content (AvgIpc) is 3.46. The van der Waals surface area contributed by atoms with E-state index in [4.69, 9.17) is 32.4 Å². The number of carbonyl (C=O) groups excluding carboxylic acids is 1. The fourth-order valence-electron chi connectivity index (χ4n) is 4.14. The SMILES string of the molecule is C=CCOC(=O)C1=C(C)N=c2s/c(=C\c3ccc(-c4ccc(Cl)cc4Cl)o3)c(=O)n2C1c1ccccc1. The second-order valence-corrected chi connectivity index (χ2v) is 10.1. The molecule has 6 nitrogen and oxygen atoms in total. The van der Waals surface area contributed by atoms with E-state index in [1.54, 1.807) is 43.3 Å². The van der Waals surface area contributed by atoms with Crippen molar-refractivity contribution in [3.05, 3.63) is 126 Å². The van der Waals surface area contributed by atoms with Gasteiger partial charge in [-0.15, -0.1) is 0 Å². The minimum Gasteiger partial charge on any atom is -0.458 e. The summed E-state index contributed by atoms with van der Waals surface area (Å²) in [7, 11) is 0. The number of rotatable bonds is 6. The third kappa shape index (κ3) is 4.85. The molecule has 0 spiro atoms. The van der Waals surface area contributed by atoms with Crippen LogP contribution in [0.15, 0.2) is 98.8 Å². The molecule has 186 valence electrons. The average molecular weight is 551 g/mol. The minimum absolute atomic E-state index is 0.0556. The van der Waals surface area contributed by atoms with Crippen LogP contribution in [-0.4, -0.2) is 17.1 Å². The summed E-state index contributed by atoms with van der Waals surface area (Å²) in [6.07, 6.45) is 3.16. The van der Waals surface area contributed by atoms with Gasteiger partial charge in [0.2, 0.25) is 0 Å². The molecule has 2 aromatic carbocycles. The lowest BCUT2D eigenvalue weighted by molar-refractivity contribution is -0.138. The van der Waals surface area contributed by atoms with Crippen molar-refractivity contribution in [1.29, 1.82) is 0 Å². The molecule has 0 saturated heterocycles. The molecular formula is C28H20Cl2N2O4S. The maximum Gasteiger partial charge on any atom is 0.338 e. The summed E-state index contributed by atoms with van der Waals surface area (Å²) >= 11 is 13.5. The van der Waals surface area contributed by atoms with E-state index < -0.39 is 12.0 Å². The lowest BCUT2D eigenvalue weighted by atomic mass is 9.96. The van der Waals surface area contributed by atoms with E-state index >= 15 is 0 Å². The molecule has 0 radical (unpaired) electrons. The van der Waals surface area contributed by atoms with Crippen LogP contribution in [0.25, 0.3) is 17.4 Å². The van der Waals surface area contributed by atoms with Crippen LogP contribution in [0.1, 0.15) is 24.3 Å². The van der Waals surface area contributed by atoms with Crippen molar-refractivity contribution >= 4 is 46.6 Å². The van der Waals surface area contributed by atoms with Crippen LogP contribution in [0.4, 0.5) is 0 Å². The first-order valence-electron chi connectivity index (χ1n) is 11.3. The third-order valence-corrected chi connectivity index (χ3v) is 7.32. The number of esters is 1. The molecule has 0 bridgehead atoms. The van der Waals surface area contributed by atoms with Gasteiger partial charge in [-0.2, -0.15) is 0 Å². The third-order valence-electron chi connectivity index (χ3n) is 5.79. The number of aromatic nitrogens is 1. The van der Waals surface area contributed by atoms with Crippen LogP contribution >= 0.6 is 34.5 Å². The van der Waals surface area contributed by atoms with E-state index in [2.05, 4.69) is 11.6 Å². The number of allylic oxidation sites excluding steroid dienone is 1. The van der Waals surface area contributed by atoms with Crippen LogP contribution in [0.3, 0.4) is 0 Å². The number of hydrogen-bond donors (Lipinski definition) is 0. The van der Waals surface area contributed by atoms with E-state index in [0.29, 0.717) is 47.7 Å². The quantitative estimate of drug-likeness (QED) is 0.233. The molecule has 1 atom stereocenters. The lowest BCUT2D eigenvalue weighted by Crippen LogP contribution is -2.39. The fraction of sp³-hybridized carbons (Fsp3) is 0.107. The maximum atomic E-state index is 13.7. The number of ether oxygens (including phenoxy) is 1. The van der Waals surface area contributed by atoms with Crippen LogP contribution < -0.4 is 14.9 Å². The number of fused-ring (bicyclic) bond motifs is 1. The summed E-state index contributed by atoms with van der Waals surface area (Å²) in [6.45, 7) is 5.40. The highest BCUT2D eigenvalue weighted by atomic mass is 35.5. The van der Waals surface area contributed by atoms with Gasteiger partial charge in [-0.3, -0.25) is 9.36 Å². The molecule has 0 saturated carbocycles. The zero-order chi connectivity index (χ0) is 26.1. The molecule has 0 fully saturated rings. The van der Waals surface area contributed by atoms with Crippen molar-refractivity contribution in [3.8, 4) is 11.3 Å². The Hall–Kier alpha value is -3.65. The standard InChI is InChI=1S/C28H20Cl2N2O4S/c1-3-13-35-27(34)24-16(2)31-28-32(25(24)17-7-5-4-6-8-17)26(33)23(37-28)15-19-10-12-22(36-19)20-11-9-18(29)14-21(20)30/h3-12,14-15,25H,1,13H2,2H3/b23-15-. The Labute approximate surface area is 226 Å². The number of benzene rings is 2. The summed E-state index contributed by atoms with van der Waals surface area (Å²) in [5.41, 5.74) is 1.97. The van der Waals surface area contributed by atoms with Crippen LogP contribution in [-0.2, 0) is 9.53 Å². The molecular weight excluding hydrogens is 531 g/mol. The summed E-state index contributed by atoms with van der Waals surface area (Å²) in [6, 6.07) is 17.3. The van der Waals surface area contributed by atoms with Crippen molar-refractivity contribution in [2.75, 3.05) is 6.61 Å². The van der Waals surface area contributed by atoms with Gasteiger partial charge in [0.1, 0.15) is 18.1 Å². The second-order valence-electron chi connectivity index (χ2n) is 8.21. The number of halogens is 2.